The maximum Gasteiger partial charge on any atom is 0.387 e. The van der Waals surface area contributed by atoms with E-state index in [-0.39, 0.29) is 5.75 Å². The number of ether oxygens (including phenoxy) is 1. The smallest absolute Gasteiger partial charge is 0.387 e. The van der Waals surface area contributed by atoms with Crippen LogP contribution in [0.4, 0.5) is 14.5 Å². The number of aromatic nitrogens is 3. The van der Waals surface area contributed by atoms with Crippen molar-refractivity contribution in [3.05, 3.63) is 33.5 Å². The van der Waals surface area contributed by atoms with Crippen LogP contribution >= 0.6 is 27.5 Å². The van der Waals surface area contributed by atoms with Crippen LogP contribution in [0.5, 0.6) is 5.75 Å². The fraction of sp³-hybridized carbons (Fsp3) is 0.273. The first-order chi connectivity index (χ1) is 9.45. The average Bonchev–Trinajstić information content (AvgIpc) is 2.76. The number of hydrogen-bond donors (Lipinski definition) is 1. The van der Waals surface area contributed by atoms with E-state index < -0.39 is 6.61 Å². The molecule has 1 N–H and O–H groups in total. The second-order valence-corrected chi connectivity index (χ2v) is 5.17. The van der Waals surface area contributed by atoms with Gasteiger partial charge >= 0.3 is 6.61 Å². The highest BCUT2D eigenvalue weighted by atomic mass is 79.9. The Labute approximate surface area is 127 Å². The van der Waals surface area contributed by atoms with Gasteiger partial charge in [-0.25, -0.2) is 0 Å². The Bertz CT molecular complexity index is 608. The summed E-state index contributed by atoms with van der Waals surface area (Å²) in [4.78, 5) is 0. The molecule has 0 bridgehead atoms. The molecule has 0 aliphatic rings. The van der Waals surface area contributed by atoms with Crippen molar-refractivity contribution in [1.82, 2.24) is 15.0 Å². The van der Waals surface area contributed by atoms with Gasteiger partial charge in [-0.2, -0.15) is 8.78 Å². The molecule has 9 heteroatoms. The molecule has 0 atom stereocenters. The summed E-state index contributed by atoms with van der Waals surface area (Å²) in [5.74, 6) is -0.00621. The Kier molecular flexibility index (Phi) is 4.77. The third-order valence-electron chi connectivity index (χ3n) is 2.33. The van der Waals surface area contributed by atoms with E-state index in [9.17, 15) is 8.78 Å². The van der Waals surface area contributed by atoms with Crippen molar-refractivity contribution < 1.29 is 13.5 Å². The van der Waals surface area contributed by atoms with E-state index >= 15 is 0 Å². The SMILES string of the molecule is Cn1cc(CNc2cc(Cl)cc(Br)c2OC(F)F)nn1. The summed E-state index contributed by atoms with van der Waals surface area (Å²) >= 11 is 9.04. The lowest BCUT2D eigenvalue weighted by Gasteiger charge is -2.14. The lowest BCUT2D eigenvalue weighted by atomic mass is 10.3. The molecule has 5 nitrogen and oxygen atoms in total. The van der Waals surface area contributed by atoms with Gasteiger partial charge in [0.25, 0.3) is 0 Å². The summed E-state index contributed by atoms with van der Waals surface area (Å²) in [6, 6.07) is 2.98. The highest BCUT2D eigenvalue weighted by Gasteiger charge is 2.15. The molecular weight excluding hydrogens is 358 g/mol. The molecule has 0 aliphatic heterocycles. The molecule has 0 saturated carbocycles. The molecule has 2 aromatic rings. The number of rotatable bonds is 5. The van der Waals surface area contributed by atoms with Gasteiger partial charge in [0, 0.05) is 18.3 Å². The Morgan fingerprint density at radius 2 is 2.25 bits per heavy atom. The predicted octanol–water partition coefficient (Wildman–Crippen LogP) is 3.44. The fourth-order valence-electron chi connectivity index (χ4n) is 1.56. The van der Waals surface area contributed by atoms with E-state index in [4.69, 9.17) is 11.6 Å². The molecule has 0 amide bonds. The minimum atomic E-state index is -2.93. The number of hydrogen-bond acceptors (Lipinski definition) is 4. The van der Waals surface area contributed by atoms with Crippen LogP contribution in [-0.4, -0.2) is 21.6 Å². The Balaban J connectivity index is 2.20. The molecule has 0 unspecified atom stereocenters. The molecule has 20 heavy (non-hydrogen) atoms. The van der Waals surface area contributed by atoms with Crippen LogP contribution in [0.1, 0.15) is 5.69 Å². The minimum Gasteiger partial charge on any atom is -0.431 e. The lowest BCUT2D eigenvalue weighted by molar-refractivity contribution is -0.0498. The molecule has 2 rings (SSSR count). The molecule has 0 radical (unpaired) electrons. The largest absolute Gasteiger partial charge is 0.431 e. The number of aryl methyl sites for hydroxylation is 1. The third-order valence-corrected chi connectivity index (χ3v) is 3.13. The first-order valence-corrected chi connectivity index (χ1v) is 6.65. The van der Waals surface area contributed by atoms with Gasteiger partial charge in [0.05, 0.1) is 16.7 Å². The summed E-state index contributed by atoms with van der Waals surface area (Å²) in [6.45, 7) is -2.62. The van der Waals surface area contributed by atoms with Crippen molar-refractivity contribution >= 4 is 33.2 Å². The summed E-state index contributed by atoms with van der Waals surface area (Å²) < 4.78 is 31.2. The zero-order valence-corrected chi connectivity index (χ0v) is 12.6. The summed E-state index contributed by atoms with van der Waals surface area (Å²) in [6.07, 6.45) is 1.71. The van der Waals surface area contributed by atoms with E-state index in [0.29, 0.717) is 27.4 Å². The average molecular weight is 368 g/mol. The van der Waals surface area contributed by atoms with Crippen LogP contribution in [0.3, 0.4) is 0 Å². The molecule has 1 heterocycles. The van der Waals surface area contributed by atoms with Gasteiger partial charge < -0.3 is 10.1 Å². The lowest BCUT2D eigenvalue weighted by Crippen LogP contribution is -2.07. The van der Waals surface area contributed by atoms with Gasteiger partial charge in [0.15, 0.2) is 5.75 Å². The van der Waals surface area contributed by atoms with Crippen LogP contribution < -0.4 is 10.1 Å². The van der Waals surface area contributed by atoms with Crippen LogP contribution in [-0.2, 0) is 13.6 Å². The maximum atomic E-state index is 12.4. The van der Waals surface area contributed by atoms with Crippen molar-refractivity contribution in [2.45, 2.75) is 13.2 Å². The molecule has 108 valence electrons. The molecular formula is C11H10BrClF2N4O. The monoisotopic (exact) mass is 366 g/mol. The van der Waals surface area contributed by atoms with Gasteiger partial charge in [-0.3, -0.25) is 4.68 Å². The van der Waals surface area contributed by atoms with Crippen molar-refractivity contribution in [1.29, 1.82) is 0 Å². The number of nitrogens with zero attached hydrogens (tertiary/aromatic N) is 3. The number of benzene rings is 1. The molecule has 0 aliphatic carbocycles. The second-order valence-electron chi connectivity index (χ2n) is 3.88. The maximum absolute atomic E-state index is 12.4. The number of halogens is 4. The van der Waals surface area contributed by atoms with Crippen LogP contribution in [0, 0.1) is 0 Å². The topological polar surface area (TPSA) is 52.0 Å². The number of alkyl halides is 2. The quantitative estimate of drug-likeness (QED) is 0.879. The van der Waals surface area contributed by atoms with E-state index in [1.54, 1.807) is 17.9 Å². The first-order valence-electron chi connectivity index (χ1n) is 5.48. The van der Waals surface area contributed by atoms with Crippen LogP contribution in [0.25, 0.3) is 0 Å². The van der Waals surface area contributed by atoms with Gasteiger partial charge in [-0.15, -0.1) is 5.10 Å². The third kappa shape index (κ3) is 3.80. The van der Waals surface area contributed by atoms with E-state index in [0.717, 1.165) is 0 Å². The molecule has 0 fully saturated rings. The standard InChI is InChI=1S/C11H10BrClF2N4O/c1-19-5-7(17-18-19)4-16-9-3-6(13)2-8(12)10(9)20-11(14)15/h2-3,5,11,16H,4H2,1H3. The van der Waals surface area contributed by atoms with Crippen LogP contribution in [0.2, 0.25) is 5.02 Å². The van der Waals surface area contributed by atoms with Crippen LogP contribution in [0.15, 0.2) is 22.8 Å². The van der Waals surface area contributed by atoms with Crippen molar-refractivity contribution in [3.63, 3.8) is 0 Å². The zero-order chi connectivity index (χ0) is 14.7. The molecule has 0 spiro atoms. The molecule has 0 saturated heterocycles. The summed E-state index contributed by atoms with van der Waals surface area (Å²) in [5, 5.41) is 11.0. The van der Waals surface area contributed by atoms with Gasteiger partial charge in [0.2, 0.25) is 0 Å². The fourth-order valence-corrected chi connectivity index (χ4v) is 2.47. The first kappa shape index (κ1) is 15.0. The Morgan fingerprint density at radius 1 is 1.50 bits per heavy atom. The van der Waals surface area contributed by atoms with E-state index in [1.807, 2.05) is 0 Å². The molecule has 1 aromatic carbocycles. The highest BCUT2D eigenvalue weighted by molar-refractivity contribution is 9.10. The predicted molar refractivity (Wildman–Crippen MR) is 74.1 cm³/mol. The van der Waals surface area contributed by atoms with Gasteiger partial charge in [0.1, 0.15) is 5.69 Å². The summed E-state index contributed by atoms with van der Waals surface area (Å²) in [7, 11) is 1.73. The summed E-state index contributed by atoms with van der Waals surface area (Å²) in [5.41, 5.74) is 1.00. The van der Waals surface area contributed by atoms with Gasteiger partial charge in [-0.05, 0) is 28.1 Å². The number of nitrogens with one attached hydrogen (secondary N) is 1. The van der Waals surface area contributed by atoms with E-state index in [1.165, 1.54) is 12.1 Å². The van der Waals surface area contributed by atoms with Crippen molar-refractivity contribution in [2.24, 2.45) is 7.05 Å². The van der Waals surface area contributed by atoms with Gasteiger partial charge in [-0.1, -0.05) is 16.8 Å². The van der Waals surface area contributed by atoms with Crippen molar-refractivity contribution in [2.75, 3.05) is 5.32 Å². The second kappa shape index (κ2) is 6.36. The van der Waals surface area contributed by atoms with E-state index in [2.05, 4.69) is 36.3 Å². The highest BCUT2D eigenvalue weighted by Crippen LogP contribution is 2.37. The minimum absolute atomic E-state index is 0.00621. The zero-order valence-electron chi connectivity index (χ0n) is 10.3. The van der Waals surface area contributed by atoms with Crippen molar-refractivity contribution in [3.8, 4) is 5.75 Å². The Hall–Kier alpha value is -1.41. The molecule has 1 aromatic heterocycles. The number of anilines is 1. The Morgan fingerprint density at radius 3 is 2.85 bits per heavy atom. The normalized spacial score (nSPS) is 10.9.